The Labute approximate surface area is 474 Å². The lowest BCUT2D eigenvalue weighted by atomic mass is 9.92. The molecular weight excluding hydrogens is 1080 g/mol. The number of carboxylic acids is 1. The first-order chi connectivity index (χ1) is 38.5. The van der Waals surface area contributed by atoms with E-state index in [9.17, 15) is 68.4 Å². The number of rotatable bonds is 32. The molecule has 0 radical (unpaired) electrons. The van der Waals surface area contributed by atoms with Crippen LogP contribution in [0.25, 0.3) is 0 Å². The molecule has 2 rings (SSSR count). The van der Waals surface area contributed by atoms with Crippen molar-refractivity contribution in [3.63, 3.8) is 0 Å². The Kier molecular flexibility index (Phi) is 29.8. The number of alkyl carbamates (subject to hydrolysis) is 1. The second kappa shape index (κ2) is 34.9. The predicted octanol–water partition coefficient (Wildman–Crippen LogP) is -1.86. The average molecular weight is 1160 g/mol. The van der Waals surface area contributed by atoms with Crippen molar-refractivity contribution in [2.75, 3.05) is 19.7 Å². The number of aliphatic carboxylic acids is 1. The molecule has 0 spiro atoms. The van der Waals surface area contributed by atoms with Gasteiger partial charge in [0.2, 0.25) is 47.3 Å². The van der Waals surface area contributed by atoms with Gasteiger partial charge in [0, 0.05) is 6.54 Å². The summed E-state index contributed by atoms with van der Waals surface area (Å²) in [5.74, 6) is -13.7. The number of ether oxygens (including phenoxy) is 2. The highest BCUT2D eigenvalue weighted by Crippen LogP contribution is 2.22. The number of carbonyl (C=O) groups excluding carboxylic acids is 10. The van der Waals surface area contributed by atoms with Gasteiger partial charge < -0.3 is 73.7 Å². The quantitative estimate of drug-likeness (QED) is 0.0282. The number of aliphatic hydroxyl groups excluding tert-OH is 3. The van der Waals surface area contributed by atoms with Crippen LogP contribution in [-0.4, -0.2) is 176 Å². The van der Waals surface area contributed by atoms with E-state index in [1.165, 1.54) is 6.92 Å². The van der Waals surface area contributed by atoms with Crippen molar-refractivity contribution in [3.8, 4) is 0 Å². The Morgan fingerprint density at radius 1 is 0.707 bits per heavy atom. The number of amides is 10. The molecular formula is C53H80N12O17. The van der Waals surface area contributed by atoms with Gasteiger partial charge in [0.25, 0.3) is 5.91 Å². The molecule has 0 saturated carbocycles. The monoisotopic (exact) mass is 1160 g/mol. The summed E-state index contributed by atoms with van der Waals surface area (Å²) in [6.45, 7) is 7.78. The van der Waals surface area contributed by atoms with Crippen LogP contribution in [-0.2, 0) is 65.8 Å². The number of nitrogens with one attached hydrogen (secondary N) is 7. The van der Waals surface area contributed by atoms with Gasteiger partial charge in [0.15, 0.2) is 0 Å². The summed E-state index contributed by atoms with van der Waals surface area (Å²) >= 11 is 0. The molecule has 2 aromatic rings. The highest BCUT2D eigenvalue weighted by molar-refractivity contribution is 6.06. The molecule has 0 aliphatic carbocycles. The number of imide groups is 1. The fraction of sp³-hybridized carbons (Fsp3) is 0.547. The minimum Gasteiger partial charge on any atom is -0.480 e. The molecule has 0 saturated heterocycles. The maximum Gasteiger partial charge on any atom is 0.416 e. The highest BCUT2D eigenvalue weighted by Gasteiger charge is 2.45. The van der Waals surface area contributed by atoms with E-state index in [0.717, 1.165) is 11.8 Å². The summed E-state index contributed by atoms with van der Waals surface area (Å²) in [7, 11) is 0. The zero-order valence-electron chi connectivity index (χ0n) is 47.0. The third-order valence-electron chi connectivity index (χ3n) is 12.6. The van der Waals surface area contributed by atoms with E-state index in [-0.39, 0.29) is 38.9 Å². The molecule has 82 heavy (non-hydrogen) atoms. The number of carboxylic acid groups (broad SMARTS) is 1. The molecule has 17 N–H and O–H groups in total. The molecule has 0 unspecified atom stereocenters. The summed E-state index contributed by atoms with van der Waals surface area (Å²) in [6, 6.07) is 4.73. The maximum atomic E-state index is 15.1. The summed E-state index contributed by atoms with van der Waals surface area (Å²) in [4.78, 5) is 149. The number of carbonyl (C=O) groups is 11. The molecule has 2 aromatic carbocycles. The van der Waals surface area contributed by atoms with Gasteiger partial charge in [0.05, 0.1) is 37.8 Å². The molecule has 0 aliphatic heterocycles. The molecule has 0 aliphatic rings. The van der Waals surface area contributed by atoms with Crippen LogP contribution in [0.5, 0.6) is 0 Å². The van der Waals surface area contributed by atoms with Crippen LogP contribution in [0.3, 0.4) is 0 Å². The zero-order chi connectivity index (χ0) is 62.0. The predicted molar refractivity (Wildman–Crippen MR) is 292 cm³/mol. The number of nitrogens with zero attached hydrogens (tertiary/aromatic N) is 2. The van der Waals surface area contributed by atoms with Crippen molar-refractivity contribution >= 4 is 71.4 Å². The number of primary amides is 1. The van der Waals surface area contributed by atoms with Crippen LogP contribution >= 0.6 is 0 Å². The molecule has 454 valence electrons. The standard InChI is InChI=1S/C53H80N12O17/c1-8-30(6)42(47(74)62-41(31(7)67)46(73)58-24-39(69)59-35(23-38(55)68)44(71)61-37(25-66)50(77)78)65(49(76)36(22-28(2)3)60-45(72)40(56)43(70)29(4)5)48(75)34(54)20-15-21-64(53(80)82-27-33-18-13-10-14-19-33)51(57)63-52(79)81-26-32-16-11-9-12-17-32/h9-14,16-19,28-31,34-37,40-43,66-67,70H,8,15,20-27,54,56H2,1-7H3,(H2,55,68)(H,58,73)(H,59,69)(H,60,72)(H,61,71)(H,62,74)(H,77,78)(H2,57,63,79)/t30-,31-,34+,35-,36-,37-,40-,41-,42-,43+/m0/s1. The lowest BCUT2D eigenvalue weighted by Crippen LogP contribution is -2.65. The molecule has 0 bridgehead atoms. The van der Waals surface area contributed by atoms with Crippen LogP contribution in [0.4, 0.5) is 9.59 Å². The minimum absolute atomic E-state index is 0.0528. The molecule has 0 heterocycles. The molecule has 29 nitrogen and oxygen atoms in total. The minimum atomic E-state index is -1.95. The number of hydrogen-bond acceptors (Lipinski definition) is 19. The smallest absolute Gasteiger partial charge is 0.416 e. The van der Waals surface area contributed by atoms with Gasteiger partial charge in [-0.15, -0.1) is 0 Å². The van der Waals surface area contributed by atoms with E-state index < -0.39 is 170 Å². The topological polar surface area (TPSA) is 468 Å². The lowest BCUT2D eigenvalue weighted by Gasteiger charge is -2.38. The molecule has 10 atom stereocenters. The SMILES string of the molecule is CC[C@H](C)[C@@H](C(=O)N[C@H](C(=O)NCC(=O)N[C@@H](CC(N)=O)C(=O)N[C@@H](CO)C(=O)O)[C@H](C)O)N(C(=O)[C@H](N)CCCN(C(=N)NC(=O)OCc1ccccc1)C(=O)OCc1ccccc1)C(=O)[C@H](CC(C)C)NC(=O)[C@@H](N)[C@H](O)C(C)C. The fourth-order valence-electron chi connectivity index (χ4n) is 7.76. The van der Waals surface area contributed by atoms with Gasteiger partial charge >= 0.3 is 18.2 Å². The first-order valence-electron chi connectivity index (χ1n) is 26.4. The zero-order valence-corrected chi connectivity index (χ0v) is 47.0. The third kappa shape index (κ3) is 23.2. The van der Waals surface area contributed by atoms with Crippen molar-refractivity contribution < 1.29 is 82.6 Å². The summed E-state index contributed by atoms with van der Waals surface area (Å²) in [5, 5.41) is 62.0. The van der Waals surface area contributed by atoms with Crippen LogP contribution in [0.15, 0.2) is 60.7 Å². The molecule has 10 amide bonds. The normalized spacial score (nSPS) is 14.8. The maximum absolute atomic E-state index is 15.1. The molecule has 0 aromatic heterocycles. The van der Waals surface area contributed by atoms with E-state index >= 15 is 4.79 Å². The van der Waals surface area contributed by atoms with E-state index in [2.05, 4.69) is 26.6 Å². The molecule has 29 heteroatoms. The Bertz CT molecular complexity index is 2500. The van der Waals surface area contributed by atoms with E-state index in [1.807, 2.05) is 5.32 Å². The molecule has 0 fully saturated rings. The summed E-state index contributed by atoms with van der Waals surface area (Å²) in [5.41, 5.74) is 19.1. The average Bonchev–Trinajstić information content (AvgIpc) is 3.54. The number of aliphatic hydroxyl groups is 3. The van der Waals surface area contributed by atoms with E-state index in [4.69, 9.17) is 32.1 Å². The third-order valence-corrected chi connectivity index (χ3v) is 12.6. The van der Waals surface area contributed by atoms with Crippen molar-refractivity contribution in [2.45, 2.75) is 148 Å². The van der Waals surface area contributed by atoms with Crippen LogP contribution in [0.2, 0.25) is 0 Å². The first kappa shape index (κ1) is 70.0. The number of hydrogen-bond donors (Lipinski definition) is 14. The van der Waals surface area contributed by atoms with Gasteiger partial charge in [-0.25, -0.2) is 19.3 Å². The lowest BCUT2D eigenvalue weighted by molar-refractivity contribution is -0.157. The highest BCUT2D eigenvalue weighted by atomic mass is 16.6. The van der Waals surface area contributed by atoms with E-state index in [1.54, 1.807) is 95.3 Å². The Morgan fingerprint density at radius 2 is 1.27 bits per heavy atom. The van der Waals surface area contributed by atoms with Crippen LogP contribution in [0, 0.1) is 23.2 Å². The van der Waals surface area contributed by atoms with Gasteiger partial charge in [0.1, 0.15) is 49.5 Å². The summed E-state index contributed by atoms with van der Waals surface area (Å²) < 4.78 is 10.7. The summed E-state index contributed by atoms with van der Waals surface area (Å²) in [6.07, 6.45) is -6.94. The largest absolute Gasteiger partial charge is 0.480 e. The second-order valence-electron chi connectivity index (χ2n) is 20.1. The van der Waals surface area contributed by atoms with Crippen LogP contribution < -0.4 is 49.1 Å². The van der Waals surface area contributed by atoms with Gasteiger partial charge in [-0.3, -0.25) is 54.0 Å². The number of guanidine groups is 1. The first-order valence-corrected chi connectivity index (χ1v) is 26.4. The van der Waals surface area contributed by atoms with Gasteiger partial charge in [-0.05, 0) is 55.1 Å². The van der Waals surface area contributed by atoms with Crippen molar-refractivity contribution in [1.29, 1.82) is 5.41 Å². The Morgan fingerprint density at radius 3 is 1.77 bits per heavy atom. The fourth-order valence-corrected chi connectivity index (χ4v) is 7.76. The Balaban J connectivity index is 2.59. The number of nitrogens with two attached hydrogens (primary N) is 3. The van der Waals surface area contributed by atoms with Crippen molar-refractivity contribution in [3.05, 3.63) is 71.8 Å². The van der Waals surface area contributed by atoms with E-state index in [0.29, 0.717) is 16.0 Å². The number of benzene rings is 2. The van der Waals surface area contributed by atoms with Crippen LogP contribution in [0.1, 0.15) is 91.7 Å². The van der Waals surface area contributed by atoms with Gasteiger partial charge in [-0.2, -0.15) is 0 Å². The second-order valence-corrected chi connectivity index (χ2v) is 20.1. The Hall–Kier alpha value is -8.12. The van der Waals surface area contributed by atoms with Gasteiger partial charge in [-0.1, -0.05) is 109 Å². The van der Waals surface area contributed by atoms with Crippen molar-refractivity contribution in [2.24, 2.45) is 35.0 Å². The van der Waals surface area contributed by atoms with Crippen molar-refractivity contribution in [1.82, 2.24) is 41.7 Å².